The fourth-order valence-electron chi connectivity index (χ4n) is 2.57. The summed E-state index contributed by atoms with van der Waals surface area (Å²) in [5.74, 6) is -0.459. The van der Waals surface area contributed by atoms with Crippen molar-refractivity contribution in [2.75, 3.05) is 24.7 Å². The monoisotopic (exact) mass is 374 g/mol. The molecule has 2 atom stereocenters. The Kier molecular flexibility index (Phi) is 5.62. The molecular formula is C14H18N2O6S2. The summed E-state index contributed by atoms with van der Waals surface area (Å²) < 4.78 is 50.0. The van der Waals surface area contributed by atoms with Crippen LogP contribution in [0.5, 0.6) is 0 Å². The fraction of sp³-hybridized carbons (Fsp3) is 0.500. The van der Waals surface area contributed by atoms with E-state index in [0.717, 1.165) is 4.31 Å². The van der Waals surface area contributed by atoms with Gasteiger partial charge in [-0.3, -0.25) is 0 Å². The molecule has 1 aromatic rings. The number of aliphatic hydroxyl groups excluding tert-OH is 2. The van der Waals surface area contributed by atoms with E-state index in [2.05, 4.69) is 0 Å². The van der Waals surface area contributed by atoms with Gasteiger partial charge in [0.05, 0.1) is 40.7 Å². The van der Waals surface area contributed by atoms with Gasteiger partial charge in [-0.05, 0) is 24.6 Å². The van der Waals surface area contributed by atoms with Crippen LogP contribution in [-0.4, -0.2) is 68.2 Å². The molecule has 1 heterocycles. The third-order valence-corrected chi connectivity index (χ3v) is 7.45. The molecule has 10 heteroatoms. The Morgan fingerprint density at radius 3 is 2.67 bits per heavy atom. The zero-order valence-electron chi connectivity index (χ0n) is 12.7. The summed E-state index contributed by atoms with van der Waals surface area (Å²) in [4.78, 5) is -0.156. The smallest absolute Gasteiger partial charge is 0.243 e. The van der Waals surface area contributed by atoms with E-state index in [-0.39, 0.29) is 28.4 Å². The minimum Gasteiger partial charge on any atom is -0.394 e. The van der Waals surface area contributed by atoms with Crippen molar-refractivity contribution in [1.82, 2.24) is 4.31 Å². The second-order valence-electron chi connectivity index (χ2n) is 5.61. The molecule has 1 aliphatic heterocycles. The van der Waals surface area contributed by atoms with Gasteiger partial charge in [-0.2, -0.15) is 9.57 Å². The van der Waals surface area contributed by atoms with Crippen molar-refractivity contribution in [3.8, 4) is 6.07 Å². The van der Waals surface area contributed by atoms with Crippen LogP contribution >= 0.6 is 0 Å². The quantitative estimate of drug-likeness (QED) is 0.658. The lowest BCUT2D eigenvalue weighted by molar-refractivity contribution is 0.0730. The van der Waals surface area contributed by atoms with Gasteiger partial charge < -0.3 is 10.2 Å². The molecule has 0 radical (unpaired) electrons. The van der Waals surface area contributed by atoms with Gasteiger partial charge in [0.15, 0.2) is 9.84 Å². The average Bonchev–Trinajstić information content (AvgIpc) is 2.91. The van der Waals surface area contributed by atoms with E-state index in [4.69, 9.17) is 10.4 Å². The van der Waals surface area contributed by atoms with Crippen molar-refractivity contribution < 1.29 is 27.0 Å². The number of sulfone groups is 1. The molecule has 1 aromatic carbocycles. The van der Waals surface area contributed by atoms with Crippen molar-refractivity contribution in [3.63, 3.8) is 0 Å². The Hall–Kier alpha value is -1.51. The van der Waals surface area contributed by atoms with Crippen LogP contribution in [0.4, 0.5) is 0 Å². The molecule has 0 spiro atoms. The number of hydrogen-bond acceptors (Lipinski definition) is 7. The molecule has 132 valence electrons. The first-order valence-electron chi connectivity index (χ1n) is 7.21. The third-order valence-electron chi connectivity index (χ3n) is 3.79. The van der Waals surface area contributed by atoms with Crippen molar-refractivity contribution in [1.29, 1.82) is 5.26 Å². The molecule has 0 amide bonds. The molecule has 8 nitrogen and oxygen atoms in total. The molecule has 0 unspecified atom stereocenters. The highest BCUT2D eigenvalue weighted by Crippen LogP contribution is 2.25. The van der Waals surface area contributed by atoms with Gasteiger partial charge in [0.25, 0.3) is 0 Å². The Morgan fingerprint density at radius 2 is 2.12 bits per heavy atom. The molecule has 0 aliphatic carbocycles. The molecular weight excluding hydrogens is 356 g/mol. The zero-order chi connectivity index (χ0) is 18.0. The summed E-state index contributed by atoms with van der Waals surface area (Å²) >= 11 is 0. The van der Waals surface area contributed by atoms with Gasteiger partial charge in [-0.25, -0.2) is 16.8 Å². The fourth-order valence-corrected chi connectivity index (χ4v) is 6.14. The maximum absolute atomic E-state index is 12.9. The largest absolute Gasteiger partial charge is 0.394 e. The van der Waals surface area contributed by atoms with E-state index in [1.165, 1.54) is 24.3 Å². The van der Waals surface area contributed by atoms with E-state index >= 15 is 0 Å². The standard InChI is InChI=1S/C14H18N2O6S2/c15-7-11-2-1-3-14(6-11)24(21,22)16(8-13(18)9-17)12-4-5-23(19,20)10-12/h1-3,6,12-13,17-18H,4-5,8-10H2/t12-,13+/m1/s1. The molecule has 2 N–H and O–H groups in total. The van der Waals surface area contributed by atoms with Gasteiger partial charge in [0, 0.05) is 12.6 Å². The van der Waals surface area contributed by atoms with Gasteiger partial charge >= 0.3 is 0 Å². The Labute approximate surface area is 140 Å². The Balaban J connectivity index is 2.43. The van der Waals surface area contributed by atoms with E-state index in [0.29, 0.717) is 0 Å². The first-order chi connectivity index (χ1) is 11.2. The van der Waals surface area contributed by atoms with E-state index in [1.807, 2.05) is 6.07 Å². The number of hydrogen-bond donors (Lipinski definition) is 2. The predicted octanol–water partition coefficient (Wildman–Crippen LogP) is -0.911. The van der Waals surface area contributed by atoms with Crippen LogP contribution < -0.4 is 0 Å². The number of rotatable bonds is 6. The normalized spacial score (nSPS) is 21.5. The number of benzene rings is 1. The van der Waals surface area contributed by atoms with Crippen LogP contribution in [0.25, 0.3) is 0 Å². The van der Waals surface area contributed by atoms with Crippen LogP contribution in [0.2, 0.25) is 0 Å². The second-order valence-corrected chi connectivity index (χ2v) is 9.73. The van der Waals surface area contributed by atoms with Crippen LogP contribution in [0.3, 0.4) is 0 Å². The lowest BCUT2D eigenvalue weighted by atomic mass is 10.2. The summed E-state index contributed by atoms with van der Waals surface area (Å²) in [6.07, 6.45) is -1.21. The SMILES string of the molecule is N#Cc1cccc(S(=O)(=O)N(C[C@H](O)CO)[C@@H]2CCS(=O)(=O)C2)c1. The molecule has 1 fully saturated rings. The highest BCUT2D eigenvalue weighted by molar-refractivity contribution is 7.92. The highest BCUT2D eigenvalue weighted by Gasteiger charge is 2.39. The summed E-state index contributed by atoms with van der Waals surface area (Å²) in [5.41, 5.74) is 0.151. The van der Waals surface area contributed by atoms with Crippen LogP contribution in [-0.2, 0) is 19.9 Å². The van der Waals surface area contributed by atoms with E-state index < -0.39 is 45.2 Å². The first kappa shape index (κ1) is 18.8. The van der Waals surface area contributed by atoms with Crippen molar-refractivity contribution in [2.24, 2.45) is 0 Å². The Bertz CT molecular complexity index is 844. The minimum atomic E-state index is -4.13. The van der Waals surface area contributed by atoms with Crippen LogP contribution in [0.15, 0.2) is 29.2 Å². The summed E-state index contributed by atoms with van der Waals surface area (Å²) in [7, 11) is -7.47. The molecule has 1 saturated heterocycles. The lowest BCUT2D eigenvalue weighted by Crippen LogP contribution is -2.46. The highest BCUT2D eigenvalue weighted by atomic mass is 32.2. The summed E-state index contributed by atoms with van der Waals surface area (Å²) in [6.45, 7) is -1.07. The number of nitrogens with zero attached hydrogens (tertiary/aromatic N) is 2. The number of nitriles is 1. The number of sulfonamides is 1. The van der Waals surface area contributed by atoms with Crippen LogP contribution in [0.1, 0.15) is 12.0 Å². The summed E-state index contributed by atoms with van der Waals surface area (Å²) in [5, 5.41) is 27.6. The third kappa shape index (κ3) is 4.12. The van der Waals surface area contributed by atoms with Gasteiger partial charge in [0.2, 0.25) is 10.0 Å². The first-order valence-corrected chi connectivity index (χ1v) is 10.5. The van der Waals surface area contributed by atoms with E-state index in [1.54, 1.807) is 0 Å². The lowest BCUT2D eigenvalue weighted by Gasteiger charge is -2.29. The maximum Gasteiger partial charge on any atom is 0.243 e. The molecule has 0 saturated carbocycles. The maximum atomic E-state index is 12.9. The van der Waals surface area contributed by atoms with Crippen molar-refractivity contribution in [2.45, 2.75) is 23.5 Å². The Morgan fingerprint density at radius 1 is 1.42 bits per heavy atom. The second kappa shape index (κ2) is 7.16. The van der Waals surface area contributed by atoms with Crippen LogP contribution in [0, 0.1) is 11.3 Å². The average molecular weight is 374 g/mol. The van der Waals surface area contributed by atoms with Crippen molar-refractivity contribution in [3.05, 3.63) is 29.8 Å². The topological polar surface area (TPSA) is 136 Å². The van der Waals surface area contributed by atoms with Gasteiger partial charge in [-0.1, -0.05) is 6.07 Å². The predicted molar refractivity (Wildman–Crippen MR) is 85.2 cm³/mol. The zero-order valence-corrected chi connectivity index (χ0v) is 14.4. The minimum absolute atomic E-state index is 0.123. The molecule has 1 aliphatic rings. The molecule has 0 aromatic heterocycles. The van der Waals surface area contributed by atoms with Gasteiger partial charge in [0.1, 0.15) is 0 Å². The van der Waals surface area contributed by atoms with E-state index in [9.17, 15) is 21.9 Å². The van der Waals surface area contributed by atoms with Crippen molar-refractivity contribution >= 4 is 19.9 Å². The van der Waals surface area contributed by atoms with Gasteiger partial charge in [-0.15, -0.1) is 0 Å². The number of aliphatic hydroxyl groups is 2. The molecule has 2 rings (SSSR count). The summed E-state index contributed by atoms with van der Waals surface area (Å²) in [6, 6.07) is 6.39. The molecule has 0 bridgehead atoms. The molecule has 24 heavy (non-hydrogen) atoms.